The summed E-state index contributed by atoms with van der Waals surface area (Å²) < 4.78 is 31.8. The van der Waals surface area contributed by atoms with Crippen LogP contribution < -0.4 is 10.3 Å². The van der Waals surface area contributed by atoms with E-state index in [-0.39, 0.29) is 10.5 Å². The van der Waals surface area contributed by atoms with Crippen LogP contribution in [0, 0.1) is 5.92 Å². The number of hydrogen-bond acceptors (Lipinski definition) is 4. The van der Waals surface area contributed by atoms with E-state index in [1.807, 2.05) is 6.20 Å². The van der Waals surface area contributed by atoms with Crippen LogP contribution in [-0.2, 0) is 29.7 Å². The Balaban J connectivity index is 1.90. The molecule has 0 N–H and O–H groups in total. The van der Waals surface area contributed by atoms with Crippen LogP contribution in [0.4, 0.5) is 0 Å². The van der Waals surface area contributed by atoms with E-state index in [1.165, 1.54) is 19.1 Å². The van der Waals surface area contributed by atoms with Gasteiger partial charge in [0.15, 0.2) is 9.84 Å². The molecule has 138 valence electrons. The molecule has 6 heteroatoms. The number of fused-ring (bicyclic) bond motifs is 1. The summed E-state index contributed by atoms with van der Waals surface area (Å²) in [5.74, 6) is 1.29. The molecule has 4 rings (SSSR count). The first-order chi connectivity index (χ1) is 12.3. The van der Waals surface area contributed by atoms with Crippen molar-refractivity contribution in [2.45, 2.75) is 37.0 Å². The fraction of sp³-hybridized carbons (Fsp3) is 0.450. The molecule has 0 saturated heterocycles. The number of aryl methyl sites for hydroxylation is 1. The second-order valence-corrected chi connectivity index (χ2v) is 9.47. The molecule has 26 heavy (non-hydrogen) atoms. The lowest BCUT2D eigenvalue weighted by Crippen LogP contribution is -2.21. The SMILES string of the molecule is Cn1cc(-c2cc(S(C)(=O)=O)ccc2OCC2CC2)c2c(c1=O)CCC2. The molecule has 0 radical (unpaired) electrons. The number of ether oxygens (including phenoxy) is 1. The van der Waals surface area contributed by atoms with Crippen molar-refractivity contribution in [2.75, 3.05) is 12.9 Å². The molecule has 1 aromatic carbocycles. The zero-order valence-electron chi connectivity index (χ0n) is 15.1. The molecule has 2 aliphatic carbocycles. The summed E-state index contributed by atoms with van der Waals surface area (Å²) in [4.78, 5) is 12.7. The molecule has 0 aliphatic heterocycles. The number of hydrogen-bond donors (Lipinski definition) is 0. The van der Waals surface area contributed by atoms with Crippen LogP contribution in [-0.4, -0.2) is 25.8 Å². The molecule has 5 nitrogen and oxygen atoms in total. The van der Waals surface area contributed by atoms with Crippen molar-refractivity contribution in [1.82, 2.24) is 4.57 Å². The molecular formula is C20H23NO4S. The normalized spacial score (nSPS) is 16.5. The van der Waals surface area contributed by atoms with Crippen molar-refractivity contribution in [3.05, 3.63) is 45.9 Å². The highest BCUT2D eigenvalue weighted by Crippen LogP contribution is 2.38. The Kier molecular flexibility index (Phi) is 4.18. The van der Waals surface area contributed by atoms with Gasteiger partial charge in [0.2, 0.25) is 0 Å². The quantitative estimate of drug-likeness (QED) is 0.808. The van der Waals surface area contributed by atoms with Crippen molar-refractivity contribution in [2.24, 2.45) is 13.0 Å². The number of aromatic nitrogens is 1. The lowest BCUT2D eigenvalue weighted by molar-refractivity contribution is 0.301. The van der Waals surface area contributed by atoms with Gasteiger partial charge in [-0.3, -0.25) is 4.79 Å². The van der Waals surface area contributed by atoms with Crippen LogP contribution in [0.25, 0.3) is 11.1 Å². The number of rotatable bonds is 5. The Morgan fingerprint density at radius 1 is 1.15 bits per heavy atom. The van der Waals surface area contributed by atoms with Crippen LogP contribution in [0.1, 0.15) is 30.4 Å². The lowest BCUT2D eigenvalue weighted by atomic mass is 9.98. The molecular weight excluding hydrogens is 350 g/mol. The average Bonchev–Trinajstić information content (AvgIpc) is 3.29. The van der Waals surface area contributed by atoms with Crippen molar-refractivity contribution in [3.63, 3.8) is 0 Å². The second-order valence-electron chi connectivity index (χ2n) is 7.45. The molecule has 1 aromatic heterocycles. The van der Waals surface area contributed by atoms with Gasteiger partial charge in [0.05, 0.1) is 11.5 Å². The predicted molar refractivity (Wildman–Crippen MR) is 100 cm³/mol. The van der Waals surface area contributed by atoms with E-state index in [1.54, 1.807) is 29.8 Å². The van der Waals surface area contributed by atoms with E-state index in [0.29, 0.717) is 18.3 Å². The molecule has 0 unspecified atom stereocenters. The van der Waals surface area contributed by atoms with E-state index in [2.05, 4.69) is 0 Å². The Morgan fingerprint density at radius 2 is 1.88 bits per heavy atom. The van der Waals surface area contributed by atoms with Crippen molar-refractivity contribution in [3.8, 4) is 16.9 Å². The van der Waals surface area contributed by atoms with Crippen LogP contribution in [0.3, 0.4) is 0 Å². The minimum Gasteiger partial charge on any atom is -0.493 e. The van der Waals surface area contributed by atoms with Crippen molar-refractivity contribution in [1.29, 1.82) is 0 Å². The first kappa shape index (κ1) is 17.3. The standard InChI is InChI=1S/C20H23NO4S/c1-21-11-18(15-4-3-5-16(15)20(21)22)17-10-14(26(2,23)24)8-9-19(17)25-12-13-6-7-13/h8-11,13H,3-7,12H2,1-2H3. The summed E-state index contributed by atoms with van der Waals surface area (Å²) in [6.07, 6.45) is 7.97. The minimum atomic E-state index is -3.33. The number of benzene rings is 1. The van der Waals surface area contributed by atoms with Gasteiger partial charge in [-0.25, -0.2) is 8.42 Å². The van der Waals surface area contributed by atoms with Crippen molar-refractivity contribution >= 4 is 9.84 Å². The zero-order valence-corrected chi connectivity index (χ0v) is 15.9. The van der Waals surface area contributed by atoms with Gasteiger partial charge in [-0.05, 0) is 61.8 Å². The number of nitrogens with zero attached hydrogens (tertiary/aromatic N) is 1. The third-order valence-corrected chi connectivity index (χ3v) is 6.40. The maximum Gasteiger partial charge on any atom is 0.253 e. The summed E-state index contributed by atoms with van der Waals surface area (Å²) in [5.41, 5.74) is 3.61. The highest BCUT2D eigenvalue weighted by atomic mass is 32.2. The first-order valence-corrected chi connectivity index (χ1v) is 10.9. The third-order valence-electron chi connectivity index (χ3n) is 5.29. The Labute approximate surface area is 153 Å². The molecule has 1 heterocycles. The molecule has 0 bridgehead atoms. The summed E-state index contributed by atoms with van der Waals surface area (Å²) in [7, 11) is -1.58. The molecule has 2 aromatic rings. The monoisotopic (exact) mass is 373 g/mol. The smallest absolute Gasteiger partial charge is 0.253 e. The van der Waals surface area contributed by atoms with Crippen LogP contribution in [0.5, 0.6) is 5.75 Å². The van der Waals surface area contributed by atoms with Crippen LogP contribution >= 0.6 is 0 Å². The Bertz CT molecular complexity index is 1030. The van der Waals surface area contributed by atoms with Gasteiger partial charge in [-0.2, -0.15) is 0 Å². The van der Waals surface area contributed by atoms with Crippen LogP contribution in [0.15, 0.2) is 34.1 Å². The minimum absolute atomic E-state index is 0.0426. The first-order valence-electron chi connectivity index (χ1n) is 9.03. The van der Waals surface area contributed by atoms with Gasteiger partial charge < -0.3 is 9.30 Å². The topological polar surface area (TPSA) is 65.4 Å². The number of pyridine rings is 1. The predicted octanol–water partition coefficient (Wildman–Crippen LogP) is 2.73. The summed E-state index contributed by atoms with van der Waals surface area (Å²) in [5, 5.41) is 0. The van der Waals surface area contributed by atoms with E-state index in [0.717, 1.165) is 41.5 Å². The molecule has 0 amide bonds. The maximum atomic E-state index is 12.4. The van der Waals surface area contributed by atoms with E-state index < -0.39 is 9.84 Å². The Morgan fingerprint density at radius 3 is 2.58 bits per heavy atom. The van der Waals surface area contributed by atoms with Gasteiger partial charge in [-0.15, -0.1) is 0 Å². The summed E-state index contributed by atoms with van der Waals surface area (Å²) in [6.45, 7) is 0.652. The molecule has 1 fully saturated rings. The zero-order chi connectivity index (χ0) is 18.5. The Hall–Kier alpha value is -2.08. The number of sulfone groups is 1. The van der Waals surface area contributed by atoms with Gasteiger partial charge in [0.25, 0.3) is 5.56 Å². The lowest BCUT2D eigenvalue weighted by Gasteiger charge is -2.16. The molecule has 0 spiro atoms. The van der Waals surface area contributed by atoms with Gasteiger partial charge >= 0.3 is 0 Å². The van der Waals surface area contributed by atoms with Gasteiger partial charge in [0, 0.05) is 36.2 Å². The van der Waals surface area contributed by atoms with Crippen molar-refractivity contribution < 1.29 is 13.2 Å². The third kappa shape index (κ3) is 3.18. The highest BCUT2D eigenvalue weighted by molar-refractivity contribution is 7.90. The van der Waals surface area contributed by atoms with E-state index in [4.69, 9.17) is 4.74 Å². The largest absolute Gasteiger partial charge is 0.493 e. The maximum absolute atomic E-state index is 12.4. The average molecular weight is 373 g/mol. The highest BCUT2D eigenvalue weighted by Gasteiger charge is 2.25. The van der Waals surface area contributed by atoms with Gasteiger partial charge in [0.1, 0.15) is 5.75 Å². The molecule has 2 aliphatic rings. The van der Waals surface area contributed by atoms with E-state index in [9.17, 15) is 13.2 Å². The summed E-state index contributed by atoms with van der Waals surface area (Å²) in [6, 6.07) is 5.04. The molecule has 0 atom stereocenters. The fourth-order valence-corrected chi connectivity index (χ4v) is 4.27. The second kappa shape index (κ2) is 6.27. The van der Waals surface area contributed by atoms with Crippen LogP contribution in [0.2, 0.25) is 0 Å². The van der Waals surface area contributed by atoms with Gasteiger partial charge in [-0.1, -0.05) is 0 Å². The van der Waals surface area contributed by atoms with E-state index >= 15 is 0 Å². The summed E-state index contributed by atoms with van der Waals surface area (Å²) >= 11 is 0. The fourth-order valence-electron chi connectivity index (χ4n) is 3.62. The molecule has 1 saturated carbocycles.